The Morgan fingerprint density at radius 3 is 2.26 bits per heavy atom. The van der Waals surface area contributed by atoms with Crippen LogP contribution in [0.3, 0.4) is 0 Å². The summed E-state index contributed by atoms with van der Waals surface area (Å²) in [5.74, 6) is 2.36. The van der Waals surface area contributed by atoms with E-state index in [1.54, 1.807) is 0 Å². The zero-order chi connectivity index (χ0) is 16.4. The molecule has 4 rings (SSSR count). The van der Waals surface area contributed by atoms with Gasteiger partial charge < -0.3 is 5.32 Å². The first-order valence-corrected chi connectivity index (χ1v) is 9.41. The minimum Gasteiger partial charge on any atom is -0.326 e. The average molecular weight is 352 g/mol. The summed E-state index contributed by atoms with van der Waals surface area (Å²) in [4.78, 5) is 12.7. The number of nitrogens with one attached hydrogen (secondary N) is 1. The molecule has 3 saturated carbocycles. The largest absolute Gasteiger partial charge is 0.326 e. The van der Waals surface area contributed by atoms with Crippen molar-refractivity contribution in [3.63, 3.8) is 0 Å². The molecular formula is C19H23Cl2NO. The molecule has 0 bridgehead atoms. The third-order valence-corrected chi connectivity index (χ3v) is 7.38. The van der Waals surface area contributed by atoms with Gasteiger partial charge in [0.05, 0.1) is 0 Å². The number of rotatable bonds is 2. The van der Waals surface area contributed by atoms with Gasteiger partial charge in [0.1, 0.15) is 4.33 Å². The molecule has 1 unspecified atom stereocenters. The maximum absolute atomic E-state index is 12.7. The van der Waals surface area contributed by atoms with Crippen molar-refractivity contribution in [2.24, 2.45) is 29.6 Å². The van der Waals surface area contributed by atoms with Crippen LogP contribution in [0.15, 0.2) is 18.2 Å². The lowest BCUT2D eigenvalue weighted by molar-refractivity contribution is -0.117. The molecule has 3 fully saturated rings. The molecule has 1 aromatic carbocycles. The zero-order valence-corrected chi connectivity index (χ0v) is 15.1. The average Bonchev–Trinajstić information content (AvgIpc) is 3.26. The van der Waals surface area contributed by atoms with Gasteiger partial charge in [-0.25, -0.2) is 0 Å². The highest BCUT2D eigenvalue weighted by Gasteiger charge is 2.65. The van der Waals surface area contributed by atoms with Crippen molar-refractivity contribution in [2.75, 3.05) is 5.32 Å². The third kappa shape index (κ3) is 2.68. The Balaban J connectivity index is 1.40. The van der Waals surface area contributed by atoms with Crippen LogP contribution in [0.4, 0.5) is 5.69 Å². The number of hydrogen-bond acceptors (Lipinski definition) is 1. The van der Waals surface area contributed by atoms with Crippen LogP contribution < -0.4 is 5.32 Å². The summed E-state index contributed by atoms with van der Waals surface area (Å²) in [6.07, 6.45) is 4.34. The van der Waals surface area contributed by atoms with Crippen molar-refractivity contribution in [1.29, 1.82) is 0 Å². The third-order valence-electron chi connectivity index (χ3n) is 6.26. The second-order valence-electron chi connectivity index (χ2n) is 7.70. The molecule has 4 heteroatoms. The fourth-order valence-corrected chi connectivity index (χ4v) is 5.70. The van der Waals surface area contributed by atoms with Gasteiger partial charge in [-0.15, -0.1) is 23.2 Å². The zero-order valence-electron chi connectivity index (χ0n) is 13.6. The number of halogens is 2. The topological polar surface area (TPSA) is 29.1 Å². The van der Waals surface area contributed by atoms with Crippen LogP contribution in [0.2, 0.25) is 0 Å². The van der Waals surface area contributed by atoms with Gasteiger partial charge in [-0.05, 0) is 74.8 Å². The van der Waals surface area contributed by atoms with Gasteiger partial charge in [-0.3, -0.25) is 4.79 Å². The van der Waals surface area contributed by atoms with Gasteiger partial charge in [0.15, 0.2) is 0 Å². The van der Waals surface area contributed by atoms with Crippen molar-refractivity contribution < 1.29 is 4.79 Å². The van der Waals surface area contributed by atoms with E-state index in [0.717, 1.165) is 36.9 Å². The van der Waals surface area contributed by atoms with Crippen LogP contribution >= 0.6 is 23.2 Å². The van der Waals surface area contributed by atoms with E-state index in [4.69, 9.17) is 23.2 Å². The molecule has 5 atom stereocenters. The van der Waals surface area contributed by atoms with E-state index in [1.807, 2.05) is 19.1 Å². The molecule has 124 valence electrons. The SMILES string of the molecule is Cc1ccc(NC(=O)C2[C@H]3CC[C@@H]4[C@H](CC[C@@H]23)C4(Cl)Cl)c(C)c1. The highest BCUT2D eigenvalue weighted by molar-refractivity contribution is 6.51. The fourth-order valence-electron chi connectivity index (χ4n) is 4.78. The molecule has 2 nitrogen and oxygen atoms in total. The first kappa shape index (κ1) is 15.8. The van der Waals surface area contributed by atoms with Crippen molar-refractivity contribution >= 4 is 34.8 Å². The normalized spacial score (nSPS) is 37.0. The number of fused-ring (bicyclic) bond motifs is 2. The monoisotopic (exact) mass is 351 g/mol. The molecule has 0 heterocycles. The molecule has 0 spiro atoms. The first-order valence-electron chi connectivity index (χ1n) is 8.65. The second kappa shape index (κ2) is 5.39. The summed E-state index contributed by atoms with van der Waals surface area (Å²) in [6, 6.07) is 6.17. The molecule has 0 aliphatic heterocycles. The van der Waals surface area contributed by atoms with E-state index in [9.17, 15) is 4.79 Å². The molecule has 1 aromatic rings. The lowest BCUT2D eigenvalue weighted by atomic mass is 10.0. The smallest absolute Gasteiger partial charge is 0.228 e. The number of benzene rings is 1. The maximum atomic E-state index is 12.7. The number of amides is 1. The Kier molecular flexibility index (Phi) is 3.70. The highest BCUT2D eigenvalue weighted by atomic mass is 35.5. The van der Waals surface area contributed by atoms with Gasteiger partial charge in [-0.2, -0.15) is 0 Å². The van der Waals surface area contributed by atoms with Crippen LogP contribution in [0.1, 0.15) is 36.8 Å². The van der Waals surface area contributed by atoms with Gasteiger partial charge in [0.25, 0.3) is 0 Å². The van der Waals surface area contributed by atoms with E-state index in [2.05, 4.69) is 18.3 Å². The highest BCUT2D eigenvalue weighted by Crippen LogP contribution is 2.67. The molecule has 23 heavy (non-hydrogen) atoms. The number of carbonyl (C=O) groups excluding carboxylic acids is 1. The summed E-state index contributed by atoms with van der Waals surface area (Å²) in [5.41, 5.74) is 3.30. The maximum Gasteiger partial charge on any atom is 0.228 e. The van der Waals surface area contributed by atoms with E-state index in [0.29, 0.717) is 23.7 Å². The van der Waals surface area contributed by atoms with Gasteiger partial charge in [-0.1, -0.05) is 17.7 Å². The van der Waals surface area contributed by atoms with Crippen LogP contribution in [-0.2, 0) is 4.79 Å². The Morgan fingerprint density at radius 1 is 1.09 bits per heavy atom. The first-order chi connectivity index (χ1) is 10.9. The summed E-state index contributed by atoms with van der Waals surface area (Å²) in [5, 5.41) is 3.14. The molecule has 3 aliphatic rings. The van der Waals surface area contributed by atoms with Gasteiger partial charge in [0, 0.05) is 11.6 Å². The second-order valence-corrected chi connectivity index (χ2v) is 9.15. The van der Waals surface area contributed by atoms with Gasteiger partial charge >= 0.3 is 0 Å². The summed E-state index contributed by atoms with van der Waals surface area (Å²) in [7, 11) is 0. The Hall–Kier alpha value is -0.730. The molecular weight excluding hydrogens is 329 g/mol. The molecule has 1 N–H and O–H groups in total. The van der Waals surface area contributed by atoms with E-state index in [1.165, 1.54) is 5.56 Å². The number of carbonyl (C=O) groups is 1. The van der Waals surface area contributed by atoms with Crippen LogP contribution in [0.5, 0.6) is 0 Å². The minimum atomic E-state index is -0.479. The predicted molar refractivity (Wildman–Crippen MR) is 94.9 cm³/mol. The van der Waals surface area contributed by atoms with E-state index >= 15 is 0 Å². The lowest BCUT2D eigenvalue weighted by Crippen LogP contribution is -2.16. The molecule has 0 saturated heterocycles. The quantitative estimate of drug-likeness (QED) is 0.738. The Bertz CT molecular complexity index is 635. The summed E-state index contributed by atoms with van der Waals surface area (Å²) < 4.78 is -0.479. The van der Waals surface area contributed by atoms with Crippen molar-refractivity contribution in [2.45, 2.75) is 43.9 Å². The van der Waals surface area contributed by atoms with Crippen molar-refractivity contribution in [1.82, 2.24) is 0 Å². The number of aryl methyl sites for hydroxylation is 2. The van der Waals surface area contributed by atoms with Gasteiger partial charge in [0.2, 0.25) is 5.91 Å². The minimum absolute atomic E-state index is 0.188. The number of alkyl halides is 2. The molecule has 3 aliphatic carbocycles. The van der Waals surface area contributed by atoms with Crippen LogP contribution in [-0.4, -0.2) is 10.2 Å². The fraction of sp³-hybridized carbons (Fsp3) is 0.632. The molecule has 1 amide bonds. The van der Waals surface area contributed by atoms with Crippen LogP contribution in [0.25, 0.3) is 0 Å². The van der Waals surface area contributed by atoms with Crippen molar-refractivity contribution in [3.8, 4) is 0 Å². The van der Waals surface area contributed by atoms with E-state index < -0.39 is 4.33 Å². The lowest BCUT2D eigenvalue weighted by Gasteiger charge is -2.09. The molecule has 0 aromatic heterocycles. The molecule has 0 radical (unpaired) electrons. The van der Waals surface area contributed by atoms with Crippen molar-refractivity contribution in [3.05, 3.63) is 29.3 Å². The van der Waals surface area contributed by atoms with E-state index in [-0.39, 0.29) is 11.8 Å². The van der Waals surface area contributed by atoms with Crippen LogP contribution in [0, 0.1) is 43.4 Å². The standard InChI is InChI=1S/C19H23Cl2NO/c1-10-3-8-16(11(2)9-10)22-18(23)17-12-4-6-14-15(19(14,20)21)7-5-13(12)17/h3,8-9,12-15,17H,4-7H2,1-2H3,(H,22,23)/t12-,13+,14+,15-,17?. The predicted octanol–water partition coefficient (Wildman–Crippen LogP) is 5.10. The number of hydrogen-bond donors (Lipinski definition) is 1. The Labute approximate surface area is 147 Å². The number of anilines is 1. The summed E-state index contributed by atoms with van der Waals surface area (Å²) >= 11 is 12.7. The summed E-state index contributed by atoms with van der Waals surface area (Å²) in [6.45, 7) is 4.12. The Morgan fingerprint density at radius 2 is 1.70 bits per heavy atom.